The molecule has 0 radical (unpaired) electrons. The molecule has 0 spiro atoms. The zero-order chi connectivity index (χ0) is 62.8. The summed E-state index contributed by atoms with van der Waals surface area (Å²) in [6, 6.07) is 110. The molecule has 444 valence electrons. The van der Waals surface area contributed by atoms with Crippen LogP contribution in [0.1, 0.15) is 72.6 Å². The number of hydrogen-bond acceptors (Lipinski definition) is 4. The number of fused-ring (bicyclic) bond motifs is 9. The first-order chi connectivity index (χ1) is 46.1. The standard InChI is InChI=1S/C89H63N5/c1-88(2)75-31-19-17-29-68(75)70-45-41-62(51-77(70)88)66-49-73(65-43-46-71-69-30-18-20-32-76(69)89(3,4)78(71)52-65)85-74(50-66)83(59-37-33-55(34-38-59)64-44-48-81-80(54-64)91-87(61-25-13-7-14-26-61)94(81)67-27-15-8-16-28-67)92-86(93-85)60-39-35-56(36-40-60)63-42-47-72-79(53-63)90-84(58-23-11-6-12-24-58)82(72)57-21-9-5-10-22-57/h5-54,82H,1-4H3. The molecule has 2 aliphatic carbocycles. The molecule has 5 nitrogen and oxygen atoms in total. The SMILES string of the molecule is CC1(C)c2ccccc2-c2ccc(-c3cc(-c4ccc5c(c4)C(C)(C)c4ccccc4-5)c4nc(-c5ccc(-c6ccc7c(c6)N=C(c6ccccc6)C7c6ccccc6)cc5)nc(-c5ccc(-c6ccc7c(c6)nc(-c6ccccc6)n7-c6ccccc6)cc5)c4c3)cc21. The highest BCUT2D eigenvalue weighted by atomic mass is 15.1. The third kappa shape index (κ3) is 8.90. The van der Waals surface area contributed by atoms with Crippen molar-refractivity contribution in [1.29, 1.82) is 0 Å². The van der Waals surface area contributed by atoms with Gasteiger partial charge in [0.2, 0.25) is 0 Å². The van der Waals surface area contributed by atoms with Crippen molar-refractivity contribution in [2.75, 3.05) is 0 Å². The number of aliphatic imine (C=N–C) groups is 1. The van der Waals surface area contributed by atoms with Gasteiger partial charge in [0.15, 0.2) is 5.82 Å². The maximum atomic E-state index is 5.75. The smallest absolute Gasteiger partial charge is 0.160 e. The Hall–Kier alpha value is -11.7. The molecule has 2 aromatic heterocycles. The molecular weight excluding hydrogens is 1140 g/mol. The van der Waals surface area contributed by atoms with E-state index in [1.165, 1.54) is 55.6 Å². The minimum atomic E-state index is -0.208. The maximum Gasteiger partial charge on any atom is 0.160 e. The van der Waals surface area contributed by atoms with Crippen LogP contribution in [0.4, 0.5) is 5.69 Å². The molecule has 0 N–H and O–H groups in total. The maximum absolute atomic E-state index is 5.75. The topological polar surface area (TPSA) is 56.0 Å². The van der Waals surface area contributed by atoms with E-state index in [0.717, 1.165) is 117 Å². The van der Waals surface area contributed by atoms with Gasteiger partial charge in [-0.25, -0.2) is 15.0 Å². The van der Waals surface area contributed by atoms with Gasteiger partial charge in [0.05, 0.1) is 39.6 Å². The second kappa shape index (κ2) is 21.5. The highest BCUT2D eigenvalue weighted by molar-refractivity contribution is 6.12. The van der Waals surface area contributed by atoms with Crippen LogP contribution >= 0.6 is 0 Å². The number of para-hydroxylation sites is 1. The first-order valence-corrected chi connectivity index (χ1v) is 32.6. The van der Waals surface area contributed by atoms with Crippen molar-refractivity contribution in [2.45, 2.75) is 44.4 Å². The fraction of sp³-hybridized carbons (Fsp3) is 0.0787. The monoisotopic (exact) mass is 1200 g/mol. The van der Waals surface area contributed by atoms with Crippen LogP contribution in [0, 0.1) is 0 Å². The molecule has 15 aromatic rings. The van der Waals surface area contributed by atoms with E-state index in [0.29, 0.717) is 5.82 Å². The molecule has 1 atom stereocenters. The highest BCUT2D eigenvalue weighted by Gasteiger charge is 2.38. The predicted octanol–water partition coefficient (Wildman–Crippen LogP) is 22.5. The first kappa shape index (κ1) is 55.2. The van der Waals surface area contributed by atoms with Crippen LogP contribution in [-0.2, 0) is 10.8 Å². The van der Waals surface area contributed by atoms with Crippen LogP contribution in [-0.4, -0.2) is 25.2 Å². The second-order valence-electron chi connectivity index (χ2n) is 26.5. The largest absolute Gasteiger partial charge is 0.292 e. The summed E-state index contributed by atoms with van der Waals surface area (Å²) in [5.41, 5.74) is 32.4. The fourth-order valence-electron chi connectivity index (χ4n) is 15.5. The third-order valence-corrected chi connectivity index (χ3v) is 20.3. The molecule has 18 rings (SSSR count). The molecule has 0 saturated heterocycles. The van der Waals surface area contributed by atoms with Crippen molar-refractivity contribution in [3.63, 3.8) is 0 Å². The predicted molar refractivity (Wildman–Crippen MR) is 388 cm³/mol. The van der Waals surface area contributed by atoms with Gasteiger partial charge in [-0.15, -0.1) is 0 Å². The van der Waals surface area contributed by atoms with Crippen LogP contribution in [0.15, 0.2) is 308 Å². The van der Waals surface area contributed by atoms with Crippen LogP contribution in [0.5, 0.6) is 0 Å². The van der Waals surface area contributed by atoms with Crippen LogP contribution < -0.4 is 0 Å². The molecule has 3 aliphatic rings. The number of rotatable bonds is 10. The Balaban J connectivity index is 0.803. The van der Waals surface area contributed by atoms with E-state index in [9.17, 15) is 0 Å². The Morgan fingerprint density at radius 2 is 0.830 bits per heavy atom. The summed E-state index contributed by atoms with van der Waals surface area (Å²) >= 11 is 0. The summed E-state index contributed by atoms with van der Waals surface area (Å²) in [5.74, 6) is 1.60. The van der Waals surface area contributed by atoms with Crippen LogP contribution in [0.3, 0.4) is 0 Å². The van der Waals surface area contributed by atoms with E-state index >= 15 is 0 Å². The molecule has 0 bridgehead atoms. The van der Waals surface area contributed by atoms with Gasteiger partial charge in [-0.1, -0.05) is 276 Å². The fourth-order valence-corrected chi connectivity index (χ4v) is 15.5. The summed E-state index contributed by atoms with van der Waals surface area (Å²) < 4.78 is 2.27. The minimum Gasteiger partial charge on any atom is -0.292 e. The quantitative estimate of drug-likeness (QED) is 0.137. The summed E-state index contributed by atoms with van der Waals surface area (Å²) in [7, 11) is 0. The van der Waals surface area contributed by atoms with Gasteiger partial charge >= 0.3 is 0 Å². The van der Waals surface area contributed by atoms with E-state index in [2.05, 4.69) is 336 Å². The Morgan fingerprint density at radius 3 is 1.49 bits per heavy atom. The van der Waals surface area contributed by atoms with E-state index in [1.807, 2.05) is 0 Å². The molecule has 0 fully saturated rings. The molecular formula is C89H63N5. The lowest BCUT2D eigenvalue weighted by atomic mass is 9.81. The van der Waals surface area contributed by atoms with Crippen molar-refractivity contribution in [1.82, 2.24) is 19.5 Å². The van der Waals surface area contributed by atoms with Gasteiger partial charge < -0.3 is 0 Å². The van der Waals surface area contributed by atoms with Gasteiger partial charge in [0.25, 0.3) is 0 Å². The van der Waals surface area contributed by atoms with E-state index in [4.69, 9.17) is 19.9 Å². The summed E-state index contributed by atoms with van der Waals surface area (Å²) in [6.45, 7) is 9.45. The average molecular weight is 1200 g/mol. The lowest BCUT2D eigenvalue weighted by molar-refractivity contribution is 0.660. The van der Waals surface area contributed by atoms with E-state index < -0.39 is 0 Å². The Morgan fingerprint density at radius 1 is 0.330 bits per heavy atom. The van der Waals surface area contributed by atoms with Gasteiger partial charge in [0, 0.05) is 44.2 Å². The van der Waals surface area contributed by atoms with Gasteiger partial charge in [0.1, 0.15) is 5.82 Å². The minimum absolute atomic E-state index is 0.0403. The molecule has 0 saturated carbocycles. The zero-order valence-corrected chi connectivity index (χ0v) is 52.7. The van der Waals surface area contributed by atoms with E-state index in [1.54, 1.807) is 0 Å². The van der Waals surface area contributed by atoms with Crippen molar-refractivity contribution in [2.24, 2.45) is 4.99 Å². The summed E-state index contributed by atoms with van der Waals surface area (Å²) in [6.07, 6.45) is 0. The average Bonchev–Trinajstić information content (AvgIpc) is 1.52. The summed E-state index contributed by atoms with van der Waals surface area (Å²) in [4.78, 5) is 22.2. The number of hydrogen-bond donors (Lipinski definition) is 0. The molecule has 3 heterocycles. The summed E-state index contributed by atoms with van der Waals surface area (Å²) in [5, 5.41) is 0.982. The Bertz CT molecular complexity index is 5570. The van der Waals surface area contributed by atoms with Gasteiger partial charge in [-0.05, 0) is 155 Å². The number of nitrogens with zero attached hydrogens (tertiary/aromatic N) is 5. The lowest BCUT2D eigenvalue weighted by Crippen LogP contribution is -2.15. The Kier molecular flexibility index (Phi) is 12.6. The third-order valence-electron chi connectivity index (χ3n) is 20.3. The second-order valence-corrected chi connectivity index (χ2v) is 26.5. The Labute approximate surface area is 547 Å². The molecule has 94 heavy (non-hydrogen) atoms. The van der Waals surface area contributed by atoms with Crippen molar-refractivity contribution >= 4 is 33.3 Å². The number of benzene rings is 13. The van der Waals surface area contributed by atoms with Crippen molar-refractivity contribution < 1.29 is 0 Å². The van der Waals surface area contributed by atoms with Crippen molar-refractivity contribution in [3.8, 4) is 106 Å². The molecule has 1 aliphatic heterocycles. The molecule has 5 heteroatoms. The molecule has 13 aromatic carbocycles. The molecule has 1 unspecified atom stereocenters. The molecule has 0 amide bonds. The van der Waals surface area contributed by atoms with Gasteiger partial charge in [-0.3, -0.25) is 9.56 Å². The van der Waals surface area contributed by atoms with Crippen LogP contribution in [0.25, 0.3) is 128 Å². The number of aromatic nitrogens is 4. The van der Waals surface area contributed by atoms with Gasteiger partial charge in [-0.2, -0.15) is 0 Å². The zero-order valence-electron chi connectivity index (χ0n) is 52.7. The lowest BCUT2D eigenvalue weighted by Gasteiger charge is -2.23. The normalized spacial score (nSPS) is 14.5. The van der Waals surface area contributed by atoms with Crippen molar-refractivity contribution in [3.05, 3.63) is 342 Å². The number of imidazole rings is 1. The van der Waals surface area contributed by atoms with E-state index in [-0.39, 0.29) is 16.7 Å². The highest BCUT2D eigenvalue weighted by Crippen LogP contribution is 2.53. The first-order valence-electron chi connectivity index (χ1n) is 32.6. The van der Waals surface area contributed by atoms with Crippen LogP contribution in [0.2, 0.25) is 0 Å².